The monoisotopic (exact) mass is 222 g/mol. The van der Waals surface area contributed by atoms with Gasteiger partial charge in [0.2, 0.25) is 0 Å². The summed E-state index contributed by atoms with van der Waals surface area (Å²) in [7, 11) is 0. The predicted octanol–water partition coefficient (Wildman–Crippen LogP) is 3.58. The summed E-state index contributed by atoms with van der Waals surface area (Å²) in [6.07, 6.45) is 7.47. The molecule has 0 saturated carbocycles. The lowest BCUT2D eigenvalue weighted by molar-refractivity contribution is 0.0524. The lowest BCUT2D eigenvalue weighted by Crippen LogP contribution is -2.06. The molecule has 0 bridgehead atoms. The van der Waals surface area contributed by atoms with Gasteiger partial charge in [-0.25, -0.2) is 4.79 Å². The number of hydrogen-bond donors (Lipinski definition) is 0. The molecule has 0 saturated heterocycles. The van der Waals surface area contributed by atoms with Gasteiger partial charge >= 0.3 is 5.97 Å². The van der Waals surface area contributed by atoms with Crippen LogP contribution < -0.4 is 0 Å². The van der Waals surface area contributed by atoms with Crippen molar-refractivity contribution in [3.63, 3.8) is 0 Å². The lowest BCUT2D eigenvalue weighted by Gasteiger charge is -2.00. The van der Waals surface area contributed by atoms with Crippen molar-refractivity contribution in [2.24, 2.45) is 0 Å². The van der Waals surface area contributed by atoms with Crippen molar-refractivity contribution in [1.29, 1.82) is 0 Å². The quantitative estimate of drug-likeness (QED) is 0.715. The SMILES string of the molecule is CCC/C=C/c1occ(C)c1C(=O)OCC. The van der Waals surface area contributed by atoms with E-state index in [0.717, 1.165) is 18.4 Å². The zero-order valence-electron chi connectivity index (χ0n) is 10.1. The Morgan fingerprint density at radius 1 is 1.50 bits per heavy atom. The van der Waals surface area contributed by atoms with Gasteiger partial charge in [0.05, 0.1) is 12.9 Å². The maximum absolute atomic E-state index is 11.7. The standard InChI is InChI=1S/C13H18O3/c1-4-6-7-8-11-12(10(3)9-16-11)13(14)15-5-2/h7-9H,4-6H2,1-3H3/b8-7+. The number of ether oxygens (including phenoxy) is 1. The first-order valence-corrected chi connectivity index (χ1v) is 5.62. The van der Waals surface area contributed by atoms with Crippen molar-refractivity contribution >= 4 is 12.0 Å². The van der Waals surface area contributed by atoms with Crippen LogP contribution in [-0.4, -0.2) is 12.6 Å². The van der Waals surface area contributed by atoms with Crippen molar-refractivity contribution in [2.75, 3.05) is 6.61 Å². The van der Waals surface area contributed by atoms with Gasteiger partial charge in [0.1, 0.15) is 11.3 Å². The highest BCUT2D eigenvalue weighted by Crippen LogP contribution is 2.19. The van der Waals surface area contributed by atoms with Crippen molar-refractivity contribution < 1.29 is 13.9 Å². The molecule has 88 valence electrons. The number of furan rings is 1. The fraction of sp³-hybridized carbons (Fsp3) is 0.462. The summed E-state index contributed by atoms with van der Waals surface area (Å²) in [5.41, 5.74) is 1.35. The number of carbonyl (C=O) groups is 1. The number of allylic oxidation sites excluding steroid dienone is 1. The lowest BCUT2D eigenvalue weighted by atomic mass is 10.1. The van der Waals surface area contributed by atoms with Gasteiger partial charge < -0.3 is 9.15 Å². The van der Waals surface area contributed by atoms with E-state index in [9.17, 15) is 4.79 Å². The molecule has 0 aliphatic carbocycles. The molecule has 3 heteroatoms. The van der Waals surface area contributed by atoms with Crippen LogP contribution in [0.5, 0.6) is 0 Å². The molecule has 1 rings (SSSR count). The smallest absolute Gasteiger partial charge is 0.342 e. The van der Waals surface area contributed by atoms with Crippen molar-refractivity contribution in [3.8, 4) is 0 Å². The van der Waals surface area contributed by atoms with E-state index < -0.39 is 0 Å². The number of carbonyl (C=O) groups excluding carboxylic acids is 1. The first kappa shape index (κ1) is 12.6. The highest BCUT2D eigenvalue weighted by Gasteiger charge is 2.17. The third-order valence-electron chi connectivity index (χ3n) is 2.21. The highest BCUT2D eigenvalue weighted by molar-refractivity contribution is 5.94. The van der Waals surface area contributed by atoms with Crippen LogP contribution in [0.2, 0.25) is 0 Å². The summed E-state index contributed by atoms with van der Waals surface area (Å²) >= 11 is 0. The fourth-order valence-electron chi connectivity index (χ4n) is 1.41. The van der Waals surface area contributed by atoms with E-state index >= 15 is 0 Å². The first-order valence-electron chi connectivity index (χ1n) is 5.62. The van der Waals surface area contributed by atoms with Gasteiger partial charge in [-0.15, -0.1) is 0 Å². The molecular weight excluding hydrogens is 204 g/mol. The second-order valence-corrected chi connectivity index (χ2v) is 3.57. The Balaban J connectivity index is 2.89. The average Bonchev–Trinajstić information content (AvgIpc) is 2.61. The minimum atomic E-state index is -0.315. The maximum Gasteiger partial charge on any atom is 0.342 e. The summed E-state index contributed by atoms with van der Waals surface area (Å²) in [6, 6.07) is 0. The van der Waals surface area contributed by atoms with E-state index in [0.29, 0.717) is 17.9 Å². The number of aryl methyl sites for hydroxylation is 1. The number of hydrogen-bond acceptors (Lipinski definition) is 3. The van der Waals surface area contributed by atoms with E-state index in [-0.39, 0.29) is 5.97 Å². The van der Waals surface area contributed by atoms with Crippen LogP contribution in [0.4, 0.5) is 0 Å². The Kier molecular flexibility index (Phi) is 4.83. The molecule has 0 aromatic carbocycles. The molecule has 1 aromatic heterocycles. The molecule has 16 heavy (non-hydrogen) atoms. The van der Waals surface area contributed by atoms with E-state index in [1.165, 1.54) is 0 Å². The van der Waals surface area contributed by atoms with Crippen molar-refractivity contribution in [1.82, 2.24) is 0 Å². The third kappa shape index (κ3) is 2.99. The topological polar surface area (TPSA) is 39.4 Å². The second kappa shape index (κ2) is 6.16. The van der Waals surface area contributed by atoms with Gasteiger partial charge in [0.25, 0.3) is 0 Å². The normalized spacial score (nSPS) is 10.9. The predicted molar refractivity (Wildman–Crippen MR) is 63.3 cm³/mol. The number of unbranched alkanes of at least 4 members (excludes halogenated alkanes) is 1. The summed E-state index contributed by atoms with van der Waals surface area (Å²) in [4.78, 5) is 11.7. The Bertz CT molecular complexity index is 375. The van der Waals surface area contributed by atoms with Gasteiger partial charge in [-0.2, -0.15) is 0 Å². The molecule has 0 aliphatic rings. The summed E-state index contributed by atoms with van der Waals surface area (Å²) < 4.78 is 10.3. The Morgan fingerprint density at radius 2 is 2.25 bits per heavy atom. The molecule has 1 heterocycles. The molecule has 0 fully saturated rings. The number of rotatable bonds is 5. The molecule has 0 N–H and O–H groups in total. The van der Waals surface area contributed by atoms with Gasteiger partial charge in [0.15, 0.2) is 0 Å². The minimum Gasteiger partial charge on any atom is -0.464 e. The van der Waals surface area contributed by atoms with Crippen LogP contribution in [0.1, 0.15) is 48.4 Å². The number of esters is 1. The molecule has 0 aliphatic heterocycles. The van der Waals surface area contributed by atoms with E-state index in [1.54, 1.807) is 13.2 Å². The third-order valence-corrected chi connectivity index (χ3v) is 2.21. The zero-order valence-corrected chi connectivity index (χ0v) is 10.1. The first-order chi connectivity index (χ1) is 7.70. The Hall–Kier alpha value is -1.51. The van der Waals surface area contributed by atoms with Gasteiger partial charge in [-0.3, -0.25) is 0 Å². The molecule has 0 amide bonds. The molecule has 1 aromatic rings. The van der Waals surface area contributed by atoms with Gasteiger partial charge in [-0.05, 0) is 26.3 Å². The molecule has 3 nitrogen and oxygen atoms in total. The van der Waals surface area contributed by atoms with Gasteiger partial charge in [0, 0.05) is 5.56 Å². The van der Waals surface area contributed by atoms with E-state index in [1.807, 2.05) is 19.1 Å². The van der Waals surface area contributed by atoms with E-state index in [4.69, 9.17) is 9.15 Å². The van der Waals surface area contributed by atoms with E-state index in [2.05, 4.69) is 6.92 Å². The molecule has 0 radical (unpaired) electrons. The summed E-state index contributed by atoms with van der Waals surface area (Å²) in [6.45, 7) is 6.11. The molecule has 0 atom stereocenters. The Labute approximate surface area is 96.1 Å². The van der Waals surface area contributed by atoms with Gasteiger partial charge in [-0.1, -0.05) is 19.4 Å². The zero-order chi connectivity index (χ0) is 12.0. The van der Waals surface area contributed by atoms with Crippen LogP contribution in [0.25, 0.3) is 6.08 Å². The van der Waals surface area contributed by atoms with Crippen LogP contribution in [0.15, 0.2) is 16.8 Å². The maximum atomic E-state index is 11.7. The highest BCUT2D eigenvalue weighted by atomic mass is 16.5. The molecule has 0 spiro atoms. The Morgan fingerprint density at radius 3 is 2.88 bits per heavy atom. The summed E-state index contributed by atoms with van der Waals surface area (Å²) in [5.74, 6) is 0.272. The van der Waals surface area contributed by atoms with Crippen LogP contribution in [-0.2, 0) is 4.74 Å². The van der Waals surface area contributed by atoms with Crippen molar-refractivity contribution in [3.05, 3.63) is 29.2 Å². The largest absolute Gasteiger partial charge is 0.464 e. The molecular formula is C13H18O3. The molecule has 0 unspecified atom stereocenters. The van der Waals surface area contributed by atoms with Crippen LogP contribution >= 0.6 is 0 Å². The minimum absolute atomic E-state index is 0.315. The van der Waals surface area contributed by atoms with Crippen LogP contribution in [0, 0.1) is 6.92 Å². The fourth-order valence-corrected chi connectivity index (χ4v) is 1.41. The van der Waals surface area contributed by atoms with Crippen molar-refractivity contribution in [2.45, 2.75) is 33.6 Å². The average molecular weight is 222 g/mol. The second-order valence-electron chi connectivity index (χ2n) is 3.57. The van der Waals surface area contributed by atoms with Crippen LogP contribution in [0.3, 0.4) is 0 Å². The summed E-state index contributed by atoms with van der Waals surface area (Å²) in [5, 5.41) is 0.